The van der Waals surface area contributed by atoms with Crippen molar-refractivity contribution in [3.05, 3.63) is 29.8 Å². The normalized spacial score (nSPS) is 33.1. The minimum absolute atomic E-state index is 0.110. The second kappa shape index (κ2) is 4.28. The van der Waals surface area contributed by atoms with Crippen LogP contribution in [0, 0.1) is 17.8 Å². The Balaban J connectivity index is 1.52. The van der Waals surface area contributed by atoms with Crippen molar-refractivity contribution in [2.24, 2.45) is 17.8 Å². The smallest absolute Gasteiger partial charge is 0.243 e. The van der Waals surface area contributed by atoms with Crippen LogP contribution in [-0.2, 0) is 10.0 Å². The number of benzene rings is 1. The first-order valence-corrected chi connectivity index (χ1v) is 8.71. The highest BCUT2D eigenvalue weighted by atomic mass is 32.2. The zero-order valence-electron chi connectivity index (χ0n) is 11.2. The lowest BCUT2D eigenvalue weighted by Gasteiger charge is -2.19. The lowest BCUT2D eigenvalue weighted by molar-refractivity contribution is 0.361. The average Bonchev–Trinajstić information content (AvgIpc) is 3.37. The number of sulfonamides is 1. The van der Waals surface area contributed by atoms with Gasteiger partial charge in [0.2, 0.25) is 10.0 Å². The fourth-order valence-corrected chi connectivity index (χ4v) is 5.03. The molecule has 0 amide bonds. The van der Waals surface area contributed by atoms with E-state index in [9.17, 15) is 12.8 Å². The summed E-state index contributed by atoms with van der Waals surface area (Å²) in [5, 5.41) is 0. The molecule has 3 fully saturated rings. The van der Waals surface area contributed by atoms with Crippen LogP contribution in [0.25, 0.3) is 0 Å². The molecule has 20 heavy (non-hydrogen) atoms. The molecule has 1 aromatic rings. The predicted molar refractivity (Wildman–Crippen MR) is 73.6 cm³/mol. The molecule has 108 valence electrons. The standard InChI is InChI=1S/C15H18FNO2S/c16-7-13-14-8-17(9-15(13)14)20(18,19)12-5-3-11(4-6-12)10-1-2-10/h3-6,10,13-15H,1-2,7-9H2/t13?,14-,15+. The molecule has 4 rings (SSSR count). The van der Waals surface area contributed by atoms with Crippen LogP contribution in [0.5, 0.6) is 0 Å². The average molecular weight is 295 g/mol. The Morgan fingerprint density at radius 1 is 1.10 bits per heavy atom. The van der Waals surface area contributed by atoms with Crippen molar-refractivity contribution in [2.75, 3.05) is 19.8 Å². The second-order valence-electron chi connectivity index (χ2n) is 6.31. The van der Waals surface area contributed by atoms with Crippen LogP contribution in [0.1, 0.15) is 24.3 Å². The maximum absolute atomic E-state index is 12.6. The van der Waals surface area contributed by atoms with Gasteiger partial charge in [-0.25, -0.2) is 8.42 Å². The monoisotopic (exact) mass is 295 g/mol. The van der Waals surface area contributed by atoms with E-state index in [-0.39, 0.29) is 24.4 Å². The van der Waals surface area contributed by atoms with E-state index >= 15 is 0 Å². The molecule has 2 saturated carbocycles. The van der Waals surface area contributed by atoms with Crippen LogP contribution in [0.2, 0.25) is 0 Å². The molecule has 1 unspecified atom stereocenters. The number of fused-ring (bicyclic) bond motifs is 1. The second-order valence-corrected chi connectivity index (χ2v) is 8.25. The number of alkyl halides is 1. The third kappa shape index (κ3) is 1.91. The molecule has 0 N–H and O–H groups in total. The van der Waals surface area contributed by atoms with E-state index in [1.807, 2.05) is 12.1 Å². The SMILES string of the molecule is O=S(=O)(c1ccc(C2CC2)cc1)N1C[C@@H]2C(CF)[C@@H]2C1. The van der Waals surface area contributed by atoms with Crippen molar-refractivity contribution < 1.29 is 12.8 Å². The van der Waals surface area contributed by atoms with Gasteiger partial charge in [0.05, 0.1) is 11.6 Å². The van der Waals surface area contributed by atoms with Crippen LogP contribution in [-0.4, -0.2) is 32.5 Å². The summed E-state index contributed by atoms with van der Waals surface area (Å²) in [5.74, 6) is 1.25. The molecule has 0 spiro atoms. The van der Waals surface area contributed by atoms with Crippen molar-refractivity contribution in [3.8, 4) is 0 Å². The summed E-state index contributed by atoms with van der Waals surface area (Å²) in [6.45, 7) is 0.678. The van der Waals surface area contributed by atoms with Gasteiger partial charge >= 0.3 is 0 Å². The van der Waals surface area contributed by atoms with E-state index in [1.165, 1.54) is 22.7 Å². The van der Waals surface area contributed by atoms with E-state index in [4.69, 9.17) is 0 Å². The summed E-state index contributed by atoms with van der Waals surface area (Å²) < 4.78 is 39.2. The van der Waals surface area contributed by atoms with E-state index < -0.39 is 10.0 Å². The van der Waals surface area contributed by atoms with Gasteiger partial charge in [-0.3, -0.25) is 4.39 Å². The van der Waals surface area contributed by atoms with Gasteiger partial charge in [-0.05, 0) is 54.2 Å². The van der Waals surface area contributed by atoms with Crippen LogP contribution in [0.3, 0.4) is 0 Å². The van der Waals surface area contributed by atoms with Crippen LogP contribution in [0.4, 0.5) is 4.39 Å². The van der Waals surface area contributed by atoms with Gasteiger partial charge in [0.1, 0.15) is 0 Å². The number of hydrogen-bond acceptors (Lipinski definition) is 2. The maximum atomic E-state index is 12.6. The Labute approximate surface area is 118 Å². The summed E-state index contributed by atoms with van der Waals surface area (Å²) in [5.41, 5.74) is 1.24. The zero-order valence-corrected chi connectivity index (χ0v) is 12.0. The Bertz CT molecular complexity index is 612. The lowest BCUT2D eigenvalue weighted by atomic mass is 10.1. The van der Waals surface area contributed by atoms with Crippen molar-refractivity contribution >= 4 is 10.0 Å². The highest BCUT2D eigenvalue weighted by Gasteiger charge is 2.57. The maximum Gasteiger partial charge on any atom is 0.243 e. The minimum Gasteiger partial charge on any atom is -0.251 e. The number of nitrogens with zero attached hydrogens (tertiary/aromatic N) is 1. The Morgan fingerprint density at radius 2 is 1.70 bits per heavy atom. The summed E-state index contributed by atoms with van der Waals surface area (Å²) in [4.78, 5) is 0.375. The third-order valence-electron chi connectivity index (χ3n) is 5.08. The van der Waals surface area contributed by atoms with Gasteiger partial charge in [-0.15, -0.1) is 0 Å². The van der Waals surface area contributed by atoms with Gasteiger partial charge < -0.3 is 0 Å². The first-order valence-electron chi connectivity index (χ1n) is 7.27. The van der Waals surface area contributed by atoms with Crippen LogP contribution in [0.15, 0.2) is 29.2 Å². The highest BCUT2D eigenvalue weighted by Crippen LogP contribution is 2.52. The number of halogens is 1. The van der Waals surface area contributed by atoms with Gasteiger partial charge in [-0.2, -0.15) is 4.31 Å². The number of hydrogen-bond donors (Lipinski definition) is 0. The first-order chi connectivity index (χ1) is 9.61. The molecule has 3 atom stereocenters. The largest absolute Gasteiger partial charge is 0.251 e. The van der Waals surface area contributed by atoms with Crippen molar-refractivity contribution in [3.63, 3.8) is 0 Å². The molecule has 0 bridgehead atoms. The third-order valence-corrected chi connectivity index (χ3v) is 6.93. The molecule has 1 aliphatic heterocycles. The number of rotatable bonds is 4. The Kier molecular flexibility index (Phi) is 2.73. The van der Waals surface area contributed by atoms with E-state index in [1.54, 1.807) is 12.1 Å². The van der Waals surface area contributed by atoms with Crippen LogP contribution >= 0.6 is 0 Å². The molecule has 3 nitrogen and oxygen atoms in total. The molecule has 1 aromatic carbocycles. The molecular weight excluding hydrogens is 277 g/mol. The predicted octanol–water partition coefficient (Wildman–Crippen LogP) is 2.40. The topological polar surface area (TPSA) is 37.4 Å². The summed E-state index contributed by atoms with van der Waals surface area (Å²) in [6.07, 6.45) is 2.43. The molecule has 0 radical (unpaired) electrons. The Hall–Kier alpha value is -0.940. The van der Waals surface area contributed by atoms with Gasteiger partial charge in [0, 0.05) is 13.1 Å². The lowest BCUT2D eigenvalue weighted by Crippen LogP contribution is -2.31. The molecule has 1 heterocycles. The quantitative estimate of drug-likeness (QED) is 0.855. The molecule has 0 aromatic heterocycles. The number of piperidine rings is 1. The fourth-order valence-electron chi connectivity index (χ4n) is 3.51. The van der Waals surface area contributed by atoms with Gasteiger partial charge in [0.25, 0.3) is 0 Å². The van der Waals surface area contributed by atoms with E-state index in [0.717, 1.165) is 0 Å². The van der Waals surface area contributed by atoms with Crippen molar-refractivity contribution in [2.45, 2.75) is 23.7 Å². The van der Waals surface area contributed by atoms with Crippen LogP contribution < -0.4 is 0 Å². The minimum atomic E-state index is -3.38. The molecular formula is C15H18FNO2S. The first kappa shape index (κ1) is 12.8. The van der Waals surface area contributed by atoms with E-state index in [2.05, 4.69) is 0 Å². The molecule has 1 saturated heterocycles. The summed E-state index contributed by atoms with van der Waals surface area (Å²) in [6, 6.07) is 7.32. The molecule has 2 aliphatic carbocycles. The summed E-state index contributed by atoms with van der Waals surface area (Å²) >= 11 is 0. The Morgan fingerprint density at radius 3 is 2.20 bits per heavy atom. The van der Waals surface area contributed by atoms with Gasteiger partial charge in [-0.1, -0.05) is 12.1 Å². The fraction of sp³-hybridized carbons (Fsp3) is 0.600. The summed E-state index contributed by atoms with van der Waals surface area (Å²) in [7, 11) is -3.38. The molecule has 5 heteroatoms. The van der Waals surface area contributed by atoms with E-state index in [0.29, 0.717) is 23.9 Å². The highest BCUT2D eigenvalue weighted by molar-refractivity contribution is 7.89. The van der Waals surface area contributed by atoms with Crippen molar-refractivity contribution in [1.82, 2.24) is 4.31 Å². The zero-order chi connectivity index (χ0) is 13.9. The molecule has 3 aliphatic rings. The van der Waals surface area contributed by atoms with Crippen molar-refractivity contribution in [1.29, 1.82) is 0 Å². The van der Waals surface area contributed by atoms with Gasteiger partial charge in [0.15, 0.2) is 0 Å².